The fourth-order valence-electron chi connectivity index (χ4n) is 4.12. The highest BCUT2D eigenvalue weighted by Gasteiger charge is 2.31. The Morgan fingerprint density at radius 2 is 1.81 bits per heavy atom. The second-order valence-corrected chi connectivity index (χ2v) is 8.81. The van der Waals surface area contributed by atoms with Crippen LogP contribution in [-0.2, 0) is 12.6 Å². The van der Waals surface area contributed by atoms with Crippen LogP contribution in [0.3, 0.4) is 0 Å². The number of benzene rings is 2. The first-order chi connectivity index (χ1) is 17.1. The SMILES string of the molecule is CCc1c(C)nc(-c2cccc(C(F)(F)F)c2)nc1N1CCN(C(=O)Nc2ccc(F)c(Cl)c2)CC1. The van der Waals surface area contributed by atoms with E-state index in [4.69, 9.17) is 11.6 Å². The van der Waals surface area contributed by atoms with E-state index in [1.54, 1.807) is 11.0 Å². The van der Waals surface area contributed by atoms with Crippen molar-refractivity contribution >= 4 is 29.1 Å². The minimum absolute atomic E-state index is 0.0829. The maximum absolute atomic E-state index is 13.4. The summed E-state index contributed by atoms with van der Waals surface area (Å²) in [4.78, 5) is 25.5. The zero-order valence-corrected chi connectivity index (χ0v) is 20.4. The Morgan fingerprint density at radius 1 is 1.08 bits per heavy atom. The number of rotatable bonds is 4. The van der Waals surface area contributed by atoms with E-state index in [0.717, 1.165) is 17.7 Å². The van der Waals surface area contributed by atoms with Crippen LogP contribution in [0.5, 0.6) is 0 Å². The first-order valence-corrected chi connectivity index (χ1v) is 11.8. The van der Waals surface area contributed by atoms with Crippen molar-refractivity contribution in [3.05, 3.63) is 70.1 Å². The van der Waals surface area contributed by atoms with Crippen molar-refractivity contribution in [3.63, 3.8) is 0 Å². The van der Waals surface area contributed by atoms with Gasteiger partial charge in [-0.1, -0.05) is 30.7 Å². The molecule has 190 valence electrons. The summed E-state index contributed by atoms with van der Waals surface area (Å²) in [5, 5.41) is 2.63. The van der Waals surface area contributed by atoms with Gasteiger partial charge in [0.1, 0.15) is 11.6 Å². The molecule has 0 unspecified atom stereocenters. The lowest BCUT2D eigenvalue weighted by molar-refractivity contribution is -0.137. The number of carbonyl (C=O) groups excluding carboxylic acids is 1. The predicted octanol–water partition coefficient (Wildman–Crippen LogP) is 6.18. The van der Waals surface area contributed by atoms with Crippen LogP contribution in [-0.4, -0.2) is 47.1 Å². The molecule has 11 heteroatoms. The van der Waals surface area contributed by atoms with Crippen LogP contribution >= 0.6 is 11.6 Å². The van der Waals surface area contributed by atoms with E-state index in [-0.39, 0.29) is 22.4 Å². The average molecular weight is 522 g/mol. The highest BCUT2D eigenvalue weighted by molar-refractivity contribution is 6.31. The second-order valence-electron chi connectivity index (χ2n) is 8.40. The number of nitrogens with zero attached hydrogens (tertiary/aromatic N) is 4. The standard InChI is InChI=1S/C25H24ClF4N5O/c1-3-19-15(2)31-22(16-5-4-6-17(13-16)25(28,29)30)33-23(19)34-9-11-35(12-10-34)24(36)32-18-7-8-21(27)20(26)14-18/h4-8,13-14H,3,9-12H2,1-2H3,(H,32,36). The molecular weight excluding hydrogens is 498 g/mol. The Labute approximate surface area is 210 Å². The number of carbonyl (C=O) groups is 1. The van der Waals surface area contributed by atoms with Gasteiger partial charge in [0, 0.05) is 48.7 Å². The number of amides is 2. The van der Waals surface area contributed by atoms with Gasteiger partial charge in [-0.05, 0) is 43.7 Å². The molecule has 3 aromatic rings. The first kappa shape index (κ1) is 25.7. The van der Waals surface area contributed by atoms with Crippen molar-refractivity contribution in [3.8, 4) is 11.4 Å². The Hall–Kier alpha value is -3.40. The molecule has 0 saturated carbocycles. The molecule has 1 saturated heterocycles. The zero-order valence-electron chi connectivity index (χ0n) is 19.7. The first-order valence-electron chi connectivity index (χ1n) is 11.4. The van der Waals surface area contributed by atoms with Crippen LogP contribution in [0.4, 0.5) is 33.9 Å². The number of urea groups is 1. The Balaban J connectivity index is 1.52. The number of piperazine rings is 1. The third kappa shape index (κ3) is 5.53. The fraction of sp³-hybridized carbons (Fsp3) is 0.320. The zero-order chi connectivity index (χ0) is 26.0. The van der Waals surface area contributed by atoms with E-state index in [1.165, 1.54) is 24.3 Å². The molecule has 2 amide bonds. The Morgan fingerprint density at radius 3 is 2.44 bits per heavy atom. The summed E-state index contributed by atoms with van der Waals surface area (Å²) >= 11 is 5.78. The molecule has 0 radical (unpaired) electrons. The largest absolute Gasteiger partial charge is 0.416 e. The number of aromatic nitrogens is 2. The van der Waals surface area contributed by atoms with Crippen molar-refractivity contribution in [2.75, 3.05) is 36.4 Å². The molecule has 6 nitrogen and oxygen atoms in total. The lowest BCUT2D eigenvalue weighted by atomic mass is 10.1. The Bertz CT molecular complexity index is 1280. The highest BCUT2D eigenvalue weighted by atomic mass is 35.5. The van der Waals surface area contributed by atoms with Crippen LogP contribution in [0.2, 0.25) is 5.02 Å². The highest BCUT2D eigenvalue weighted by Crippen LogP contribution is 2.33. The van der Waals surface area contributed by atoms with Crippen molar-refractivity contribution in [2.24, 2.45) is 0 Å². The third-order valence-corrected chi connectivity index (χ3v) is 6.32. The fourth-order valence-corrected chi connectivity index (χ4v) is 4.30. The van der Waals surface area contributed by atoms with Crippen molar-refractivity contribution in [2.45, 2.75) is 26.4 Å². The summed E-state index contributed by atoms with van der Waals surface area (Å²) in [6.45, 7) is 5.53. The van der Waals surface area contributed by atoms with Gasteiger partial charge in [0.15, 0.2) is 5.82 Å². The van der Waals surface area contributed by atoms with E-state index in [0.29, 0.717) is 49.8 Å². The molecule has 2 aromatic carbocycles. The average Bonchev–Trinajstić information content (AvgIpc) is 2.85. The minimum atomic E-state index is -4.46. The molecule has 0 spiro atoms. The third-order valence-electron chi connectivity index (χ3n) is 6.03. The summed E-state index contributed by atoms with van der Waals surface area (Å²) in [6.07, 6.45) is -3.82. The van der Waals surface area contributed by atoms with Crippen LogP contribution in [0.15, 0.2) is 42.5 Å². The number of hydrogen-bond donors (Lipinski definition) is 1. The van der Waals surface area contributed by atoms with Crippen LogP contribution in [0.1, 0.15) is 23.7 Å². The van der Waals surface area contributed by atoms with Gasteiger partial charge in [0.25, 0.3) is 0 Å². The molecule has 0 atom stereocenters. The molecule has 1 aromatic heterocycles. The number of nitrogens with one attached hydrogen (secondary N) is 1. The minimum Gasteiger partial charge on any atom is -0.353 e. The lowest BCUT2D eigenvalue weighted by Crippen LogP contribution is -2.50. The summed E-state index contributed by atoms with van der Waals surface area (Å²) < 4.78 is 53.0. The quantitative estimate of drug-likeness (QED) is 0.416. The molecule has 1 N–H and O–H groups in total. The molecule has 1 aliphatic rings. The maximum atomic E-state index is 13.4. The van der Waals surface area contributed by atoms with Gasteiger partial charge >= 0.3 is 12.2 Å². The number of alkyl halides is 3. The second kappa shape index (κ2) is 10.3. The van der Waals surface area contributed by atoms with Crippen molar-refractivity contribution < 1.29 is 22.4 Å². The van der Waals surface area contributed by atoms with Crippen LogP contribution < -0.4 is 10.2 Å². The normalized spacial score (nSPS) is 14.2. The molecule has 0 bridgehead atoms. The predicted molar refractivity (Wildman–Crippen MR) is 131 cm³/mol. The van der Waals surface area contributed by atoms with E-state index < -0.39 is 17.6 Å². The van der Waals surface area contributed by atoms with Gasteiger partial charge in [-0.2, -0.15) is 13.2 Å². The van der Waals surface area contributed by atoms with Gasteiger partial charge < -0.3 is 15.1 Å². The molecule has 0 aliphatic carbocycles. The summed E-state index contributed by atoms with van der Waals surface area (Å²) in [5.41, 5.74) is 1.52. The lowest BCUT2D eigenvalue weighted by Gasteiger charge is -2.36. The van der Waals surface area contributed by atoms with E-state index >= 15 is 0 Å². The molecular formula is C25H24ClF4N5O. The maximum Gasteiger partial charge on any atom is 0.416 e. The number of hydrogen-bond acceptors (Lipinski definition) is 4. The van der Waals surface area contributed by atoms with Gasteiger partial charge in [-0.3, -0.25) is 0 Å². The van der Waals surface area contributed by atoms with Crippen molar-refractivity contribution in [1.82, 2.24) is 14.9 Å². The summed E-state index contributed by atoms with van der Waals surface area (Å²) in [6, 6.07) is 8.59. The number of anilines is 2. The van der Waals surface area contributed by atoms with Crippen molar-refractivity contribution in [1.29, 1.82) is 0 Å². The molecule has 4 rings (SSSR count). The Kier molecular flexibility index (Phi) is 7.35. The van der Waals surface area contributed by atoms with Gasteiger partial charge in [-0.25, -0.2) is 19.2 Å². The monoisotopic (exact) mass is 521 g/mol. The molecule has 1 aliphatic heterocycles. The molecule has 1 fully saturated rings. The van der Waals surface area contributed by atoms with Gasteiger partial charge in [-0.15, -0.1) is 0 Å². The van der Waals surface area contributed by atoms with Gasteiger partial charge in [0.05, 0.1) is 10.6 Å². The summed E-state index contributed by atoms with van der Waals surface area (Å²) in [5.74, 6) is 0.307. The molecule has 2 heterocycles. The van der Waals surface area contributed by atoms with E-state index in [1.807, 2.05) is 18.7 Å². The van der Waals surface area contributed by atoms with Gasteiger partial charge in [0.2, 0.25) is 0 Å². The van der Waals surface area contributed by atoms with Crippen LogP contribution in [0.25, 0.3) is 11.4 Å². The van der Waals surface area contributed by atoms with E-state index in [2.05, 4.69) is 15.3 Å². The molecule has 36 heavy (non-hydrogen) atoms. The smallest absolute Gasteiger partial charge is 0.353 e. The van der Waals surface area contributed by atoms with Crippen LogP contribution in [0, 0.1) is 12.7 Å². The van der Waals surface area contributed by atoms with E-state index in [9.17, 15) is 22.4 Å². The number of aryl methyl sites for hydroxylation is 1. The summed E-state index contributed by atoms with van der Waals surface area (Å²) in [7, 11) is 0. The topological polar surface area (TPSA) is 61.4 Å². The number of halogens is 5.